The number of nitrogens with one attached hydrogen (secondary N) is 1. The molecule has 1 aromatic carbocycles. The van der Waals surface area contributed by atoms with Crippen molar-refractivity contribution in [2.75, 3.05) is 0 Å². The molecule has 0 unspecified atom stereocenters. The van der Waals surface area contributed by atoms with Crippen molar-refractivity contribution in [3.63, 3.8) is 0 Å². The van der Waals surface area contributed by atoms with Gasteiger partial charge in [-0.25, -0.2) is 5.32 Å². The van der Waals surface area contributed by atoms with Crippen molar-refractivity contribution in [3.05, 3.63) is 35.9 Å². The summed E-state index contributed by atoms with van der Waals surface area (Å²) in [5.41, 5.74) is 0.820. The molecule has 5 heteroatoms. The number of carbonyl (C=O) groups excluding carboxylic acids is 1. The minimum Gasteiger partial charge on any atom is -0.460 e. The highest BCUT2D eigenvalue weighted by Gasteiger charge is 2.17. The summed E-state index contributed by atoms with van der Waals surface area (Å²) in [5.74, 6) is -0.691. The van der Waals surface area contributed by atoms with Crippen LogP contribution in [-0.2, 0) is 16.1 Å². The first kappa shape index (κ1) is 12.6. The van der Waals surface area contributed by atoms with Crippen molar-refractivity contribution < 1.29 is 18.3 Å². The predicted octanol–water partition coefficient (Wildman–Crippen LogP) is 1.93. The van der Waals surface area contributed by atoms with Gasteiger partial charge in [-0.05, 0) is 12.5 Å². The smallest absolute Gasteiger partial charge is 0.323 e. The summed E-state index contributed by atoms with van der Waals surface area (Å²) in [5, 5.41) is 1.77. The fourth-order valence-corrected chi connectivity index (χ4v) is 1.11. The van der Waals surface area contributed by atoms with Crippen LogP contribution in [0.5, 0.6) is 0 Å². The number of halogens is 2. The molecule has 0 fully saturated rings. The second kappa shape index (κ2) is 6.17. The molecule has 0 spiro atoms. The van der Waals surface area contributed by atoms with Crippen molar-refractivity contribution in [2.24, 2.45) is 0 Å². The van der Waals surface area contributed by atoms with Crippen molar-refractivity contribution >= 4 is 5.97 Å². The first-order chi connectivity index (χ1) is 7.59. The zero-order valence-corrected chi connectivity index (χ0v) is 8.82. The maximum absolute atomic E-state index is 11.9. The summed E-state index contributed by atoms with van der Waals surface area (Å²) in [6.45, 7) is -1.30. The Hall–Kier alpha value is -1.49. The summed E-state index contributed by atoms with van der Waals surface area (Å²) in [4.78, 5) is 11.2. The van der Waals surface area contributed by atoms with Gasteiger partial charge >= 0.3 is 5.97 Å². The topological polar surface area (TPSA) is 38.3 Å². The van der Waals surface area contributed by atoms with Crippen LogP contribution in [-0.4, -0.2) is 18.6 Å². The first-order valence-corrected chi connectivity index (χ1v) is 4.84. The third kappa shape index (κ3) is 4.35. The van der Waals surface area contributed by atoms with E-state index in [4.69, 9.17) is 4.74 Å². The van der Waals surface area contributed by atoms with Gasteiger partial charge in [0.05, 0.1) is 0 Å². The molecule has 0 aliphatic heterocycles. The predicted molar refractivity (Wildman–Crippen MR) is 54.8 cm³/mol. The third-order valence-corrected chi connectivity index (χ3v) is 1.95. The van der Waals surface area contributed by atoms with Crippen molar-refractivity contribution in [1.82, 2.24) is 5.32 Å². The van der Waals surface area contributed by atoms with E-state index in [0.29, 0.717) is 0 Å². The molecule has 1 atom stereocenters. The molecule has 0 heterocycles. The summed E-state index contributed by atoms with van der Waals surface area (Å²) in [6, 6.07) is 8.03. The quantitative estimate of drug-likeness (QED) is 0.619. The van der Waals surface area contributed by atoms with Crippen LogP contribution >= 0.6 is 0 Å². The van der Waals surface area contributed by atoms with Gasteiger partial charge in [-0.15, -0.1) is 0 Å². The average molecular weight is 229 g/mol. The van der Waals surface area contributed by atoms with Crippen LogP contribution in [0, 0.1) is 0 Å². The molecule has 0 bridgehead atoms. The Morgan fingerprint density at radius 1 is 1.38 bits per heavy atom. The van der Waals surface area contributed by atoms with Crippen LogP contribution in [0.25, 0.3) is 0 Å². The van der Waals surface area contributed by atoms with Crippen LogP contribution < -0.4 is 5.32 Å². The van der Waals surface area contributed by atoms with Crippen molar-refractivity contribution in [1.29, 1.82) is 0 Å². The van der Waals surface area contributed by atoms with E-state index in [0.717, 1.165) is 5.56 Å². The van der Waals surface area contributed by atoms with E-state index in [-0.39, 0.29) is 6.61 Å². The van der Waals surface area contributed by atoms with Gasteiger partial charge in [-0.2, -0.15) is 8.78 Å². The summed E-state index contributed by atoms with van der Waals surface area (Å²) in [7, 11) is 0. The zero-order chi connectivity index (χ0) is 12.0. The highest BCUT2D eigenvalue weighted by atomic mass is 19.3. The maximum Gasteiger partial charge on any atom is 0.323 e. The Morgan fingerprint density at radius 2 is 2.00 bits per heavy atom. The second-order valence-electron chi connectivity index (χ2n) is 3.28. The fraction of sp³-hybridized carbons (Fsp3) is 0.364. The fourth-order valence-electron chi connectivity index (χ4n) is 1.11. The van der Waals surface area contributed by atoms with Gasteiger partial charge in [0.2, 0.25) is 0 Å². The number of benzene rings is 1. The van der Waals surface area contributed by atoms with E-state index >= 15 is 0 Å². The Labute approximate surface area is 92.4 Å². The number of hydrogen-bond donors (Lipinski definition) is 1. The lowest BCUT2D eigenvalue weighted by Crippen LogP contribution is -2.38. The number of esters is 1. The molecular formula is C11H13F2NO2. The minimum absolute atomic E-state index is 0.0922. The monoisotopic (exact) mass is 229 g/mol. The molecule has 0 aliphatic carbocycles. The summed E-state index contributed by atoms with van der Waals surface area (Å²) in [6.07, 6.45) is 0. The number of carbonyl (C=O) groups is 1. The van der Waals surface area contributed by atoms with Gasteiger partial charge in [0.15, 0.2) is 0 Å². The lowest BCUT2D eigenvalue weighted by molar-refractivity contribution is -0.148. The van der Waals surface area contributed by atoms with Gasteiger partial charge in [0.25, 0.3) is 6.55 Å². The Bertz CT molecular complexity index is 330. The lowest BCUT2D eigenvalue weighted by Gasteiger charge is -2.12. The lowest BCUT2D eigenvalue weighted by atomic mass is 10.2. The minimum atomic E-state index is -2.72. The molecule has 1 rings (SSSR count). The van der Waals surface area contributed by atoms with E-state index < -0.39 is 18.6 Å². The standard InChI is InChI=1S/C11H13F2NO2/c1-8(14-11(12)13)10(15)16-7-9-5-3-2-4-6-9/h2-6,8,11,14H,7H2,1H3/t8-/m0/s1. The van der Waals surface area contributed by atoms with E-state index in [1.807, 2.05) is 18.2 Å². The van der Waals surface area contributed by atoms with Crippen LogP contribution in [0.4, 0.5) is 8.78 Å². The first-order valence-electron chi connectivity index (χ1n) is 4.84. The highest BCUT2D eigenvalue weighted by molar-refractivity contribution is 5.75. The molecular weight excluding hydrogens is 216 g/mol. The number of rotatable bonds is 5. The Morgan fingerprint density at radius 3 is 2.56 bits per heavy atom. The Balaban J connectivity index is 2.35. The maximum atomic E-state index is 11.9. The van der Waals surface area contributed by atoms with Crippen molar-refractivity contribution in [3.8, 4) is 0 Å². The normalized spacial score (nSPS) is 12.5. The van der Waals surface area contributed by atoms with Gasteiger partial charge in [-0.1, -0.05) is 30.3 Å². The highest BCUT2D eigenvalue weighted by Crippen LogP contribution is 2.02. The molecule has 1 N–H and O–H groups in total. The summed E-state index contributed by atoms with van der Waals surface area (Å²) >= 11 is 0. The van der Waals surface area contributed by atoms with E-state index in [1.165, 1.54) is 6.92 Å². The van der Waals surface area contributed by atoms with E-state index in [2.05, 4.69) is 0 Å². The molecule has 16 heavy (non-hydrogen) atoms. The molecule has 0 aliphatic rings. The molecule has 0 radical (unpaired) electrons. The molecule has 1 aromatic rings. The largest absolute Gasteiger partial charge is 0.460 e. The van der Waals surface area contributed by atoms with Crippen molar-refractivity contribution in [2.45, 2.75) is 26.1 Å². The number of alkyl halides is 2. The Kier molecular flexibility index (Phi) is 4.85. The number of ether oxygens (including phenoxy) is 1. The number of hydrogen-bond acceptors (Lipinski definition) is 3. The van der Waals surface area contributed by atoms with Gasteiger partial charge < -0.3 is 4.74 Å². The van der Waals surface area contributed by atoms with Gasteiger partial charge in [0.1, 0.15) is 12.6 Å². The van der Waals surface area contributed by atoms with E-state index in [1.54, 1.807) is 17.4 Å². The van der Waals surface area contributed by atoms with E-state index in [9.17, 15) is 13.6 Å². The van der Waals surface area contributed by atoms with Crippen LogP contribution in [0.3, 0.4) is 0 Å². The molecule has 0 amide bonds. The molecule has 0 saturated heterocycles. The SMILES string of the molecule is C[C@H](NC(F)F)C(=O)OCc1ccccc1. The van der Waals surface area contributed by atoms with Crippen LogP contribution in [0.2, 0.25) is 0 Å². The van der Waals surface area contributed by atoms with Gasteiger partial charge in [0, 0.05) is 0 Å². The van der Waals surface area contributed by atoms with Crippen LogP contribution in [0.1, 0.15) is 12.5 Å². The average Bonchev–Trinajstić information content (AvgIpc) is 2.26. The zero-order valence-electron chi connectivity index (χ0n) is 8.82. The molecule has 3 nitrogen and oxygen atoms in total. The van der Waals surface area contributed by atoms with Gasteiger partial charge in [-0.3, -0.25) is 4.79 Å². The molecule has 0 aromatic heterocycles. The summed E-state index contributed by atoms with van der Waals surface area (Å²) < 4.78 is 28.6. The third-order valence-electron chi connectivity index (χ3n) is 1.95. The second-order valence-corrected chi connectivity index (χ2v) is 3.28. The molecule has 0 saturated carbocycles. The molecule has 88 valence electrons. The van der Waals surface area contributed by atoms with Crippen LogP contribution in [0.15, 0.2) is 30.3 Å².